The first-order valence-electron chi connectivity index (χ1n) is 5.61. The number of hydrogen-bond donors (Lipinski definition) is 0. The zero-order chi connectivity index (χ0) is 11.3. The molecule has 1 fully saturated rings. The maximum Gasteiger partial charge on any atom is 0.320 e. The van der Waals surface area contributed by atoms with E-state index in [4.69, 9.17) is 9.47 Å². The van der Waals surface area contributed by atoms with Crippen molar-refractivity contribution in [2.75, 3.05) is 32.9 Å². The summed E-state index contributed by atoms with van der Waals surface area (Å²) in [5, 5.41) is 0. The van der Waals surface area contributed by atoms with E-state index in [1.54, 1.807) is 0 Å². The summed E-state index contributed by atoms with van der Waals surface area (Å²) in [6.45, 7) is 9.11. The molecule has 15 heavy (non-hydrogen) atoms. The molecule has 88 valence electrons. The molecule has 0 aromatic rings. The lowest BCUT2D eigenvalue weighted by atomic mass is 9.96. The number of hydrogen-bond acceptors (Lipinski definition) is 4. The summed E-state index contributed by atoms with van der Waals surface area (Å²) in [7, 11) is 0. The molecule has 0 aromatic carbocycles. The Hall–Kier alpha value is -0.610. The number of carbonyl (C=O) groups excluding carboxylic acids is 1. The maximum atomic E-state index is 11.4. The Morgan fingerprint density at radius 1 is 1.53 bits per heavy atom. The fourth-order valence-corrected chi connectivity index (χ4v) is 1.79. The van der Waals surface area contributed by atoms with Crippen LogP contribution in [-0.4, -0.2) is 49.3 Å². The largest absolute Gasteiger partial charge is 0.465 e. The van der Waals surface area contributed by atoms with Gasteiger partial charge in [0.1, 0.15) is 0 Å². The van der Waals surface area contributed by atoms with Crippen LogP contribution in [0, 0.1) is 0 Å². The normalized spacial score (nSPS) is 27.7. The molecule has 4 heteroatoms. The second-order valence-electron chi connectivity index (χ2n) is 4.13. The lowest BCUT2D eigenvalue weighted by Gasteiger charge is -2.43. The first-order chi connectivity index (χ1) is 7.12. The fraction of sp³-hybridized carbons (Fsp3) is 0.909. The molecule has 0 N–H and O–H groups in total. The van der Waals surface area contributed by atoms with Crippen molar-refractivity contribution in [3.63, 3.8) is 0 Å². The Kier molecular flexibility index (Phi) is 4.54. The van der Waals surface area contributed by atoms with Gasteiger partial charge in [0.05, 0.1) is 26.4 Å². The molecule has 0 amide bonds. The molecule has 0 unspecified atom stereocenters. The molecule has 0 spiro atoms. The minimum Gasteiger partial charge on any atom is -0.465 e. The highest BCUT2D eigenvalue weighted by Gasteiger charge is 2.34. The van der Waals surface area contributed by atoms with E-state index in [-0.39, 0.29) is 11.5 Å². The predicted molar refractivity (Wildman–Crippen MR) is 57.7 cm³/mol. The lowest BCUT2D eigenvalue weighted by molar-refractivity contribution is -0.149. The monoisotopic (exact) mass is 215 g/mol. The summed E-state index contributed by atoms with van der Waals surface area (Å²) in [5.41, 5.74) is -0.0228. The predicted octanol–water partition coefficient (Wildman–Crippen LogP) is 1.05. The molecule has 1 heterocycles. The van der Waals surface area contributed by atoms with Crippen LogP contribution in [0.4, 0.5) is 0 Å². The smallest absolute Gasteiger partial charge is 0.320 e. The number of rotatable bonds is 4. The molecule has 0 bridgehead atoms. The van der Waals surface area contributed by atoms with E-state index in [1.165, 1.54) is 0 Å². The first-order valence-corrected chi connectivity index (χ1v) is 5.61. The van der Waals surface area contributed by atoms with Crippen LogP contribution in [-0.2, 0) is 14.3 Å². The summed E-state index contributed by atoms with van der Waals surface area (Å²) in [5.74, 6) is -0.140. The Morgan fingerprint density at radius 3 is 2.87 bits per heavy atom. The zero-order valence-corrected chi connectivity index (χ0v) is 9.91. The third kappa shape index (κ3) is 3.18. The number of nitrogens with zero attached hydrogens (tertiary/aromatic N) is 1. The highest BCUT2D eigenvalue weighted by molar-refractivity contribution is 5.71. The highest BCUT2D eigenvalue weighted by atomic mass is 16.5. The van der Waals surface area contributed by atoms with Gasteiger partial charge in [-0.1, -0.05) is 6.92 Å². The molecular formula is C11H21NO3. The van der Waals surface area contributed by atoms with Gasteiger partial charge < -0.3 is 9.47 Å². The molecule has 1 rings (SSSR count). The third-order valence-corrected chi connectivity index (χ3v) is 3.07. The van der Waals surface area contributed by atoms with Gasteiger partial charge in [-0.3, -0.25) is 9.69 Å². The summed E-state index contributed by atoms with van der Waals surface area (Å²) in [6, 6.07) is 0. The summed E-state index contributed by atoms with van der Waals surface area (Å²) in [4.78, 5) is 13.6. The van der Waals surface area contributed by atoms with Gasteiger partial charge in [-0.25, -0.2) is 0 Å². The average molecular weight is 215 g/mol. The number of esters is 1. The molecular weight excluding hydrogens is 194 g/mol. The van der Waals surface area contributed by atoms with Crippen LogP contribution in [0.15, 0.2) is 0 Å². The summed E-state index contributed by atoms with van der Waals surface area (Å²) in [6.07, 6.45) is 0.979. The van der Waals surface area contributed by atoms with Gasteiger partial charge >= 0.3 is 5.97 Å². The summed E-state index contributed by atoms with van der Waals surface area (Å²) >= 11 is 0. The van der Waals surface area contributed by atoms with Gasteiger partial charge in [-0.15, -0.1) is 0 Å². The SMILES string of the molecule is CCOC(=O)CN1CCOC[C@]1(C)CC. The Balaban J connectivity index is 2.53. The topological polar surface area (TPSA) is 38.8 Å². The summed E-state index contributed by atoms with van der Waals surface area (Å²) < 4.78 is 10.4. The van der Waals surface area contributed by atoms with Gasteiger partial charge in [-0.05, 0) is 20.3 Å². The highest BCUT2D eigenvalue weighted by Crippen LogP contribution is 2.22. The van der Waals surface area contributed by atoms with Gasteiger partial charge in [0.2, 0.25) is 0 Å². The van der Waals surface area contributed by atoms with E-state index >= 15 is 0 Å². The van der Waals surface area contributed by atoms with Gasteiger partial charge in [0, 0.05) is 12.1 Å². The average Bonchev–Trinajstić information content (AvgIpc) is 2.22. The number of carbonyl (C=O) groups is 1. The van der Waals surface area contributed by atoms with Crippen molar-refractivity contribution in [3.05, 3.63) is 0 Å². The van der Waals surface area contributed by atoms with Crippen molar-refractivity contribution < 1.29 is 14.3 Å². The molecule has 1 aliphatic rings. The number of ether oxygens (including phenoxy) is 2. The number of morpholine rings is 1. The van der Waals surface area contributed by atoms with E-state index in [1.807, 2.05) is 6.92 Å². The molecule has 0 saturated carbocycles. The minimum absolute atomic E-state index is 0.0228. The Morgan fingerprint density at radius 2 is 2.27 bits per heavy atom. The Bertz CT molecular complexity index is 220. The molecule has 1 aliphatic heterocycles. The van der Waals surface area contributed by atoms with E-state index in [0.29, 0.717) is 26.4 Å². The van der Waals surface area contributed by atoms with Crippen LogP contribution in [0.2, 0.25) is 0 Å². The first kappa shape index (κ1) is 12.5. The van der Waals surface area contributed by atoms with Crippen LogP contribution in [0.25, 0.3) is 0 Å². The minimum atomic E-state index is -0.140. The van der Waals surface area contributed by atoms with Crippen LogP contribution in [0.3, 0.4) is 0 Å². The molecule has 1 saturated heterocycles. The Labute approximate surface area is 91.5 Å². The van der Waals surface area contributed by atoms with Gasteiger partial charge in [-0.2, -0.15) is 0 Å². The second kappa shape index (κ2) is 5.47. The molecule has 1 atom stereocenters. The van der Waals surface area contributed by atoms with Crippen molar-refractivity contribution in [1.29, 1.82) is 0 Å². The van der Waals surface area contributed by atoms with E-state index in [2.05, 4.69) is 18.7 Å². The molecule has 4 nitrogen and oxygen atoms in total. The molecule has 0 radical (unpaired) electrons. The van der Waals surface area contributed by atoms with Crippen molar-refractivity contribution in [1.82, 2.24) is 4.90 Å². The van der Waals surface area contributed by atoms with Crippen molar-refractivity contribution in [2.24, 2.45) is 0 Å². The maximum absolute atomic E-state index is 11.4. The van der Waals surface area contributed by atoms with Crippen molar-refractivity contribution in [2.45, 2.75) is 32.7 Å². The standard InChI is InChI=1S/C11H21NO3/c1-4-11(3)9-14-7-6-12(11)8-10(13)15-5-2/h4-9H2,1-3H3/t11-/m0/s1. The zero-order valence-electron chi connectivity index (χ0n) is 9.91. The van der Waals surface area contributed by atoms with Crippen molar-refractivity contribution >= 4 is 5.97 Å². The van der Waals surface area contributed by atoms with Crippen molar-refractivity contribution in [3.8, 4) is 0 Å². The van der Waals surface area contributed by atoms with Crippen LogP contribution >= 0.6 is 0 Å². The van der Waals surface area contributed by atoms with Crippen LogP contribution < -0.4 is 0 Å². The quantitative estimate of drug-likeness (QED) is 0.657. The van der Waals surface area contributed by atoms with Crippen LogP contribution in [0.5, 0.6) is 0 Å². The van der Waals surface area contributed by atoms with Crippen LogP contribution in [0.1, 0.15) is 27.2 Å². The van der Waals surface area contributed by atoms with E-state index in [9.17, 15) is 4.79 Å². The second-order valence-corrected chi connectivity index (χ2v) is 4.13. The van der Waals surface area contributed by atoms with E-state index in [0.717, 1.165) is 13.0 Å². The molecule has 0 aliphatic carbocycles. The van der Waals surface area contributed by atoms with E-state index < -0.39 is 0 Å². The van der Waals surface area contributed by atoms with Gasteiger partial charge in [0.25, 0.3) is 0 Å². The fourth-order valence-electron chi connectivity index (χ4n) is 1.79. The lowest BCUT2D eigenvalue weighted by Crippen LogP contribution is -2.56. The third-order valence-electron chi connectivity index (χ3n) is 3.07. The van der Waals surface area contributed by atoms with Gasteiger partial charge in [0.15, 0.2) is 0 Å². The molecule has 0 aromatic heterocycles.